The zero-order chi connectivity index (χ0) is 15.4. The van der Waals surface area contributed by atoms with Crippen molar-refractivity contribution in [1.82, 2.24) is 0 Å². The van der Waals surface area contributed by atoms with E-state index in [2.05, 4.69) is 82.4 Å². The summed E-state index contributed by atoms with van der Waals surface area (Å²) >= 11 is 0.845. The van der Waals surface area contributed by atoms with Crippen molar-refractivity contribution in [3.8, 4) is 0 Å². The molecule has 1 aromatic carbocycles. The second kappa shape index (κ2) is 7.08. The molecule has 126 valence electrons. The zero-order valence-corrected chi connectivity index (χ0v) is 21.2. The topological polar surface area (TPSA) is 0 Å². The minimum absolute atomic E-state index is 0. The Morgan fingerprint density at radius 3 is 2.39 bits per heavy atom. The molecule has 0 bridgehead atoms. The molecule has 2 aliphatic carbocycles. The minimum atomic E-state index is -2.96. The van der Waals surface area contributed by atoms with E-state index in [9.17, 15) is 0 Å². The second-order valence-corrected chi connectivity index (χ2v) is 38.1. The average Bonchev–Trinajstić information content (AvgIpc) is 3.01. The maximum absolute atomic E-state index is 3.81. The largest absolute Gasteiger partial charge is 0.147 e. The van der Waals surface area contributed by atoms with Crippen molar-refractivity contribution < 1.29 is 17.4 Å². The molecule has 2 aliphatic rings. The van der Waals surface area contributed by atoms with Crippen molar-refractivity contribution in [1.29, 1.82) is 0 Å². The van der Waals surface area contributed by atoms with E-state index < -0.39 is 17.4 Å². The number of aryl methyl sites for hydroxylation is 1. The molecule has 3 rings (SSSR count). The fourth-order valence-electron chi connectivity index (χ4n) is 4.14. The Morgan fingerprint density at radius 2 is 1.83 bits per heavy atom. The summed E-state index contributed by atoms with van der Waals surface area (Å²) in [6.07, 6.45) is 10.6. The fourth-order valence-corrected chi connectivity index (χ4v) is 20.7. The first-order chi connectivity index (χ1) is 9.71. The van der Waals surface area contributed by atoms with Crippen LogP contribution in [0, 0.1) is 6.92 Å². The van der Waals surface area contributed by atoms with Gasteiger partial charge in [-0.25, -0.2) is 0 Å². The third-order valence-corrected chi connectivity index (χ3v) is 24.0. The van der Waals surface area contributed by atoms with Gasteiger partial charge in [0.05, 0.1) is 0 Å². The van der Waals surface area contributed by atoms with Gasteiger partial charge in [0.1, 0.15) is 0 Å². The van der Waals surface area contributed by atoms with Gasteiger partial charge in [0, 0.05) is 0 Å². The summed E-state index contributed by atoms with van der Waals surface area (Å²) in [4.78, 5) is 0. The molecule has 23 heavy (non-hydrogen) atoms. The van der Waals surface area contributed by atoms with E-state index in [1.54, 1.807) is 14.4 Å². The van der Waals surface area contributed by atoms with Gasteiger partial charge < -0.3 is 0 Å². The molecular weight excluding hydrogens is 486 g/mol. The number of halogens is 3. The minimum Gasteiger partial charge on any atom is -0.147 e. The molecule has 5 heteroatoms. The number of hydrogen-bond donors (Lipinski definition) is 0. The predicted octanol–water partition coefficient (Wildman–Crippen LogP) is 6.24. The summed E-state index contributed by atoms with van der Waals surface area (Å²) in [5.41, 5.74) is 5.89. The van der Waals surface area contributed by atoms with E-state index in [-0.39, 0.29) is 24.8 Å². The van der Waals surface area contributed by atoms with E-state index >= 15 is 0 Å². The maximum atomic E-state index is 3.81. The quantitative estimate of drug-likeness (QED) is 0.413. The summed E-state index contributed by atoms with van der Waals surface area (Å²) in [5.74, 6) is 0. The molecule has 1 unspecified atom stereocenters. The van der Waals surface area contributed by atoms with Crippen LogP contribution in [0.3, 0.4) is 0 Å². The normalized spacial score (nSPS) is 19.5. The first-order valence-electron chi connectivity index (χ1n) is 7.61. The Kier molecular flexibility index (Phi) is 6.66. The van der Waals surface area contributed by atoms with Crippen LogP contribution in [0.4, 0.5) is 0 Å². The summed E-state index contributed by atoms with van der Waals surface area (Å²) in [6.45, 7) is 6.88. The van der Waals surface area contributed by atoms with E-state index in [0.29, 0.717) is 3.63 Å². The summed E-state index contributed by atoms with van der Waals surface area (Å²) in [7, 11) is 0. The van der Waals surface area contributed by atoms with Gasteiger partial charge in [0.25, 0.3) is 0 Å². The van der Waals surface area contributed by atoms with Gasteiger partial charge in [0.2, 0.25) is 0 Å². The van der Waals surface area contributed by atoms with Crippen LogP contribution < -0.4 is 0 Å². The van der Waals surface area contributed by atoms with Gasteiger partial charge in [-0.3, -0.25) is 0 Å². The van der Waals surface area contributed by atoms with Gasteiger partial charge >= 0.3 is 140 Å². The first kappa shape index (κ1) is 21.6. The molecule has 0 saturated carbocycles. The van der Waals surface area contributed by atoms with Crippen molar-refractivity contribution in [3.05, 3.63) is 60.4 Å². The third-order valence-electron chi connectivity index (χ3n) is 5.30. The Hall–Kier alpha value is 0.600. The molecule has 1 atom stereocenters. The molecule has 0 saturated heterocycles. The Morgan fingerprint density at radius 1 is 1.17 bits per heavy atom. The fraction of sp³-hybridized carbons (Fsp3) is 0.333. The second-order valence-electron chi connectivity index (χ2n) is 7.65. The number of hydrogen-bond acceptors (Lipinski definition) is 0. The molecule has 0 fully saturated rings. The van der Waals surface area contributed by atoms with Crippen LogP contribution in [-0.2, 0) is 17.4 Å². The summed E-state index contributed by atoms with van der Waals surface area (Å²) < 4.78 is 8.95. The smallest absolute Gasteiger partial charge is 0.147 e. The van der Waals surface area contributed by atoms with Gasteiger partial charge in [0.15, 0.2) is 0 Å². The molecule has 0 N–H and O–H groups in total. The number of fused-ring (bicyclic) bond motifs is 1. The van der Waals surface area contributed by atoms with Gasteiger partial charge in [-0.05, 0) is 0 Å². The zero-order valence-electron chi connectivity index (χ0n) is 14.2. The molecule has 0 amide bonds. The first-order valence-corrected chi connectivity index (χ1v) is 21.9. The predicted molar refractivity (Wildman–Crippen MR) is 112 cm³/mol. The average molecular weight is 512 g/mol. The maximum Gasteiger partial charge on any atom is -0.147 e. The molecule has 0 heterocycles. The van der Waals surface area contributed by atoms with Crippen LogP contribution in [0.5, 0.6) is 0 Å². The van der Waals surface area contributed by atoms with Crippen molar-refractivity contribution in [3.63, 3.8) is 0 Å². The standard InChI is InChI=1S/C11H10Br.C5H5.2CH3.2ClH.H2Si.Zr/c1-7-5-9-4-3-8(2)11(12)10(9)6-7;1-2-4-5-3-1;;;;;;/h3-6H,1-2H3;1-3H,4H2;2*1H3;2*1H;1H2;. The van der Waals surface area contributed by atoms with Gasteiger partial charge in [-0.1, -0.05) is 0 Å². The van der Waals surface area contributed by atoms with E-state index in [0.717, 1.165) is 0 Å². The summed E-state index contributed by atoms with van der Waals surface area (Å²) in [6, 6.07) is 4.66. The van der Waals surface area contributed by atoms with Crippen LogP contribution in [0.1, 0.15) is 33.7 Å². The number of benzene rings is 1. The third kappa shape index (κ3) is 3.47. The molecule has 1 aromatic rings. The molecule has 0 nitrogen and oxygen atoms in total. The van der Waals surface area contributed by atoms with Crippen molar-refractivity contribution in [2.75, 3.05) is 0 Å². The van der Waals surface area contributed by atoms with Crippen molar-refractivity contribution >= 4 is 53.7 Å². The van der Waals surface area contributed by atoms with Gasteiger partial charge in [-0.15, -0.1) is 24.8 Å². The van der Waals surface area contributed by atoms with E-state index in [1.807, 2.05) is 0 Å². The summed E-state index contributed by atoms with van der Waals surface area (Å²) in [5, 5.41) is 0. The van der Waals surface area contributed by atoms with Crippen molar-refractivity contribution in [2.24, 2.45) is 0 Å². The SMILES string of the molecule is CC1=Cc2c(ccc(C)c2Br)[CH]1[Zr]([CH3])([CH3])(=[SiH2])[C]1=CC=CC1.Cl.Cl. The van der Waals surface area contributed by atoms with Crippen molar-refractivity contribution in [2.45, 2.75) is 33.2 Å². The molecular formula is C18H25BrCl2SiZr. The Labute approximate surface area is 163 Å². The van der Waals surface area contributed by atoms with Crippen LogP contribution in [0.15, 0.2) is 43.7 Å². The molecule has 0 spiro atoms. The molecule has 0 aliphatic heterocycles. The Bertz CT molecular complexity index is 799. The molecule has 0 aromatic heterocycles. The van der Waals surface area contributed by atoms with Crippen LogP contribution >= 0.6 is 40.7 Å². The molecule has 0 radical (unpaired) electrons. The van der Waals surface area contributed by atoms with Crippen LogP contribution in [0.25, 0.3) is 6.08 Å². The monoisotopic (exact) mass is 508 g/mol. The van der Waals surface area contributed by atoms with E-state index in [4.69, 9.17) is 0 Å². The number of rotatable bonds is 2. The van der Waals surface area contributed by atoms with E-state index in [1.165, 1.54) is 22.0 Å². The van der Waals surface area contributed by atoms with Crippen LogP contribution in [0.2, 0.25) is 9.26 Å². The van der Waals surface area contributed by atoms with Crippen LogP contribution in [-0.4, -0.2) is 6.88 Å². The Balaban J connectivity index is 0.00000132. The number of allylic oxidation sites excluding steroid dienone is 5. The van der Waals surface area contributed by atoms with Gasteiger partial charge in [-0.2, -0.15) is 0 Å².